The van der Waals surface area contributed by atoms with Crippen molar-refractivity contribution in [1.29, 1.82) is 0 Å². The van der Waals surface area contributed by atoms with Gasteiger partial charge in [0.15, 0.2) is 0 Å². The minimum atomic E-state index is 0.825. The van der Waals surface area contributed by atoms with E-state index in [0.29, 0.717) is 0 Å². The second-order valence-corrected chi connectivity index (χ2v) is 17.4. The number of unbranched alkanes of at least 4 members (excludes halogenated alkanes) is 25. The van der Waals surface area contributed by atoms with Crippen LogP contribution in [0.3, 0.4) is 0 Å². The molecule has 0 rings (SSSR count). The molecule has 0 aromatic carbocycles. The molecule has 0 amide bonds. The van der Waals surface area contributed by atoms with Gasteiger partial charge in [-0.1, -0.05) is 141 Å². The summed E-state index contributed by atoms with van der Waals surface area (Å²) in [6, 6.07) is 0. The monoisotopic (exact) mass is 733 g/mol. The number of nitrogens with zero attached hydrogens (tertiary/aromatic N) is 2. The number of rotatable bonds is 43. The molecule has 0 heterocycles. The van der Waals surface area contributed by atoms with Gasteiger partial charge in [0.1, 0.15) is 0 Å². The van der Waals surface area contributed by atoms with Gasteiger partial charge in [0.2, 0.25) is 0 Å². The third-order valence-electron chi connectivity index (χ3n) is 11.9. The Hall–Kier alpha value is -0.680. The smallest absolute Gasteiger partial charge is 0.0796 e. The minimum absolute atomic E-state index is 0.825. The van der Waals surface area contributed by atoms with Crippen LogP contribution in [0.25, 0.3) is 0 Å². The summed E-state index contributed by atoms with van der Waals surface area (Å²) >= 11 is 0. The molecule has 0 fully saturated rings. The Kier molecular flexibility index (Phi) is 39.5. The van der Waals surface area contributed by atoms with E-state index in [2.05, 4.69) is 52.2 Å². The molecule has 4 nitrogen and oxygen atoms in total. The van der Waals surface area contributed by atoms with E-state index in [1.807, 2.05) is 0 Å². The number of hydrogen-bond donors (Lipinski definition) is 2. The lowest BCUT2D eigenvalue weighted by Crippen LogP contribution is -2.48. The lowest BCUT2D eigenvalue weighted by Gasteiger charge is -2.37. The maximum atomic E-state index is 5.99. The molecule has 0 saturated heterocycles. The fourth-order valence-electron chi connectivity index (χ4n) is 8.09. The molecule has 0 aromatic heterocycles. The molecule has 4 heteroatoms. The van der Waals surface area contributed by atoms with Crippen molar-refractivity contribution in [3.63, 3.8) is 0 Å². The largest absolute Gasteiger partial charge is 0.330 e. The summed E-state index contributed by atoms with van der Waals surface area (Å²) < 4.78 is 2.45. The average Bonchev–Trinajstić information content (AvgIpc) is 3.14. The first-order chi connectivity index (χ1) is 25.4. The highest BCUT2D eigenvalue weighted by molar-refractivity contribution is 4.82. The molecule has 0 radical (unpaired) electrons. The highest BCUT2D eigenvalue weighted by Gasteiger charge is 2.23. The molecule has 4 N–H and O–H groups in total. The fourth-order valence-corrected chi connectivity index (χ4v) is 8.09. The van der Waals surface area contributed by atoms with E-state index in [1.54, 1.807) is 0 Å². The Bertz CT molecular complexity index is 689. The van der Waals surface area contributed by atoms with E-state index in [-0.39, 0.29) is 0 Å². The van der Waals surface area contributed by atoms with Crippen molar-refractivity contribution in [3.8, 4) is 0 Å². The van der Waals surface area contributed by atoms with Crippen molar-refractivity contribution >= 4 is 0 Å². The first kappa shape index (κ1) is 51.3. The van der Waals surface area contributed by atoms with Crippen molar-refractivity contribution in [1.82, 2.24) is 0 Å². The molecule has 2 unspecified atom stereocenters. The molecule has 310 valence electrons. The van der Waals surface area contributed by atoms with Crippen LogP contribution in [0, 0.1) is 0 Å². The maximum absolute atomic E-state index is 5.99. The van der Waals surface area contributed by atoms with Gasteiger partial charge < -0.3 is 20.4 Å². The minimum Gasteiger partial charge on any atom is -0.330 e. The topological polar surface area (TPSA) is 52.0 Å². The summed E-state index contributed by atoms with van der Waals surface area (Å²) in [4.78, 5) is 0. The Morgan fingerprint density at radius 3 is 0.769 bits per heavy atom. The van der Waals surface area contributed by atoms with Crippen LogP contribution in [-0.2, 0) is 0 Å². The number of hydrogen-bond acceptors (Lipinski definition) is 2. The summed E-state index contributed by atoms with van der Waals surface area (Å²) in [6.45, 7) is 14.0. The van der Waals surface area contributed by atoms with Crippen molar-refractivity contribution in [2.45, 2.75) is 219 Å². The highest BCUT2D eigenvalue weighted by atomic mass is 15.3. The first-order valence-electron chi connectivity index (χ1n) is 23.8. The van der Waals surface area contributed by atoms with Gasteiger partial charge in [0, 0.05) is 25.7 Å². The van der Waals surface area contributed by atoms with Gasteiger partial charge in [0.05, 0.1) is 53.4 Å². The first-order valence-corrected chi connectivity index (χ1v) is 23.8. The number of allylic oxidation sites excluding steroid dienone is 4. The van der Waals surface area contributed by atoms with Crippen LogP contribution in [0.1, 0.15) is 219 Å². The van der Waals surface area contributed by atoms with Crippen molar-refractivity contribution in [2.24, 2.45) is 11.5 Å². The Labute approximate surface area is 329 Å². The van der Waals surface area contributed by atoms with Crippen LogP contribution in [0.2, 0.25) is 0 Å². The zero-order valence-corrected chi connectivity index (χ0v) is 36.6. The van der Waals surface area contributed by atoms with Crippen LogP contribution < -0.4 is 11.5 Å². The van der Waals surface area contributed by atoms with Gasteiger partial charge in [-0.25, -0.2) is 0 Å². The van der Waals surface area contributed by atoms with Crippen LogP contribution >= 0.6 is 0 Å². The molecule has 0 aliphatic carbocycles. The summed E-state index contributed by atoms with van der Waals surface area (Å²) in [5.74, 6) is 0. The highest BCUT2D eigenvalue weighted by Crippen LogP contribution is 2.17. The predicted octanol–water partition coefficient (Wildman–Crippen LogP) is 13.4. The van der Waals surface area contributed by atoms with Gasteiger partial charge >= 0.3 is 0 Å². The third-order valence-corrected chi connectivity index (χ3v) is 11.9. The standard InChI is InChI=1S/C48H100N4/c1-5-7-9-11-13-15-17-19-21-23-25-27-29-31-33-35-43-51(3,47-39-41-49)45-37-38-46-52(4,48-40-42-50)44-36-34-32-30-28-26-24-22-20-18-16-14-12-10-8-6-2/h19-22H,5-18,23-50H2,1-4H3/q+2/b21-19-,22-20?. The number of quaternary nitrogens is 2. The van der Waals surface area contributed by atoms with Gasteiger partial charge in [0.25, 0.3) is 0 Å². The van der Waals surface area contributed by atoms with E-state index in [4.69, 9.17) is 11.5 Å². The van der Waals surface area contributed by atoms with E-state index >= 15 is 0 Å². The molecule has 0 aliphatic rings. The molecule has 0 spiro atoms. The molecule has 0 bridgehead atoms. The fraction of sp³-hybridized carbons (Fsp3) is 0.917. The summed E-state index contributed by atoms with van der Waals surface area (Å²) in [5, 5.41) is 0. The Morgan fingerprint density at radius 1 is 0.288 bits per heavy atom. The van der Waals surface area contributed by atoms with Gasteiger partial charge in [-0.05, 0) is 90.1 Å². The van der Waals surface area contributed by atoms with Crippen LogP contribution in [0.5, 0.6) is 0 Å². The lowest BCUT2D eigenvalue weighted by atomic mass is 10.1. The van der Waals surface area contributed by atoms with Crippen LogP contribution in [-0.4, -0.2) is 75.4 Å². The molecule has 0 aliphatic heterocycles. The Morgan fingerprint density at radius 2 is 0.500 bits per heavy atom. The average molecular weight is 733 g/mol. The van der Waals surface area contributed by atoms with Gasteiger partial charge in [-0.3, -0.25) is 0 Å². The summed E-state index contributed by atoms with van der Waals surface area (Å²) in [6.07, 6.45) is 53.5. The van der Waals surface area contributed by atoms with E-state index < -0.39 is 0 Å². The predicted molar refractivity (Wildman–Crippen MR) is 237 cm³/mol. The van der Waals surface area contributed by atoms with Crippen LogP contribution in [0.15, 0.2) is 24.3 Å². The van der Waals surface area contributed by atoms with E-state index in [0.717, 1.165) is 25.9 Å². The van der Waals surface area contributed by atoms with E-state index in [1.165, 1.54) is 241 Å². The molecular formula is C48H100N4+2. The van der Waals surface area contributed by atoms with Crippen molar-refractivity contribution in [3.05, 3.63) is 24.3 Å². The molecule has 2 atom stereocenters. The SMILES string of the molecule is CCCCCCCCC=CCCCCCCCC[N+](C)(CCCN)CCCC[N+](C)(CCCN)CCCCCCCC/C=C\CCCCCCCC. The molecule has 52 heavy (non-hydrogen) atoms. The van der Waals surface area contributed by atoms with Crippen LogP contribution in [0.4, 0.5) is 0 Å². The number of nitrogens with two attached hydrogens (primary N) is 2. The third kappa shape index (κ3) is 36.3. The quantitative estimate of drug-likeness (QED) is 0.0372. The normalized spacial score (nSPS) is 14.5. The van der Waals surface area contributed by atoms with E-state index in [9.17, 15) is 0 Å². The Balaban J connectivity index is 4.13. The van der Waals surface area contributed by atoms with Gasteiger partial charge in [-0.15, -0.1) is 0 Å². The zero-order chi connectivity index (χ0) is 38.1. The molecular weight excluding hydrogens is 633 g/mol. The van der Waals surface area contributed by atoms with Crippen molar-refractivity contribution < 1.29 is 8.97 Å². The lowest BCUT2D eigenvalue weighted by molar-refractivity contribution is -0.916. The summed E-state index contributed by atoms with van der Waals surface area (Å²) in [5.41, 5.74) is 12.0. The maximum Gasteiger partial charge on any atom is 0.0796 e. The zero-order valence-electron chi connectivity index (χ0n) is 36.6. The second kappa shape index (κ2) is 40.0. The molecule has 0 saturated carbocycles. The summed E-state index contributed by atoms with van der Waals surface area (Å²) in [7, 11) is 5.03. The van der Waals surface area contributed by atoms with Gasteiger partial charge in [-0.2, -0.15) is 0 Å². The second-order valence-electron chi connectivity index (χ2n) is 17.4. The molecule has 0 aromatic rings. The van der Waals surface area contributed by atoms with Crippen molar-refractivity contribution in [2.75, 3.05) is 66.5 Å².